The van der Waals surface area contributed by atoms with Crippen molar-refractivity contribution in [2.24, 2.45) is 22.9 Å². The number of nitrogens with zero attached hydrogens (tertiary/aromatic N) is 1. The van der Waals surface area contributed by atoms with Crippen LogP contribution in [0.15, 0.2) is 0 Å². The van der Waals surface area contributed by atoms with E-state index in [1.807, 2.05) is 0 Å². The van der Waals surface area contributed by atoms with Gasteiger partial charge in [-0.05, 0) is 77.5 Å². The van der Waals surface area contributed by atoms with Gasteiger partial charge in [0.2, 0.25) is 0 Å². The Morgan fingerprint density at radius 3 is 0.810 bits per heavy atom. The molecule has 0 aliphatic heterocycles. The number of rotatable bonds is 16. The molecule has 0 atom stereocenters. The third-order valence-electron chi connectivity index (χ3n) is 4.35. The maximum atomic E-state index is 5.67. The average molecular weight is 303 g/mol. The Balaban J connectivity index is 4.52. The monoisotopic (exact) mass is 302 g/mol. The molecule has 5 nitrogen and oxygen atoms in total. The first-order valence-electron chi connectivity index (χ1n) is 8.90. The van der Waals surface area contributed by atoms with Gasteiger partial charge in [0.25, 0.3) is 0 Å². The Labute approximate surface area is 132 Å². The summed E-state index contributed by atoms with van der Waals surface area (Å²) < 4.78 is 1.22. The molecule has 0 saturated carbocycles. The van der Waals surface area contributed by atoms with Gasteiger partial charge in [-0.15, -0.1) is 0 Å². The lowest BCUT2D eigenvalue weighted by Gasteiger charge is -2.39. The lowest BCUT2D eigenvalue weighted by molar-refractivity contribution is -0.929. The number of nitrogens with two attached hydrogens (primary N) is 4. The fourth-order valence-electron chi connectivity index (χ4n) is 3.04. The summed E-state index contributed by atoms with van der Waals surface area (Å²) in [4.78, 5) is 0. The third-order valence-corrected chi connectivity index (χ3v) is 4.35. The summed E-state index contributed by atoms with van der Waals surface area (Å²) in [7, 11) is 0. The topological polar surface area (TPSA) is 104 Å². The fraction of sp³-hybridized carbons (Fsp3) is 1.00. The van der Waals surface area contributed by atoms with Crippen LogP contribution in [0.2, 0.25) is 0 Å². The zero-order chi connectivity index (χ0) is 15.8. The van der Waals surface area contributed by atoms with Crippen LogP contribution in [0.4, 0.5) is 0 Å². The van der Waals surface area contributed by atoms with Gasteiger partial charge in [-0.25, -0.2) is 0 Å². The molecule has 0 aromatic carbocycles. The molecule has 0 bridgehead atoms. The van der Waals surface area contributed by atoms with E-state index in [-0.39, 0.29) is 0 Å². The molecule has 21 heavy (non-hydrogen) atoms. The summed E-state index contributed by atoms with van der Waals surface area (Å²) in [5.74, 6) is 0. The van der Waals surface area contributed by atoms with Crippen molar-refractivity contribution in [3.05, 3.63) is 0 Å². The molecule has 0 radical (unpaired) electrons. The Morgan fingerprint density at radius 2 is 0.619 bits per heavy atom. The number of unbranched alkanes of at least 4 members (excludes halogenated alkanes) is 4. The molecule has 0 saturated heterocycles. The first-order valence-corrected chi connectivity index (χ1v) is 8.90. The zero-order valence-electron chi connectivity index (χ0n) is 14.1. The van der Waals surface area contributed by atoms with Crippen LogP contribution in [-0.2, 0) is 0 Å². The van der Waals surface area contributed by atoms with Gasteiger partial charge in [0.05, 0.1) is 26.2 Å². The van der Waals surface area contributed by atoms with Crippen LogP contribution in [0.25, 0.3) is 0 Å². The molecule has 0 fully saturated rings. The quantitative estimate of drug-likeness (QED) is 0.249. The molecule has 0 heterocycles. The molecule has 128 valence electrons. The normalized spacial score (nSPS) is 12.0. The minimum Gasteiger partial charge on any atom is -0.330 e. The van der Waals surface area contributed by atoms with Gasteiger partial charge in [-0.2, -0.15) is 0 Å². The largest absolute Gasteiger partial charge is 0.330 e. The SMILES string of the molecule is NCCCC[N+](CCCCN)(CCCCN)CCCCN. The summed E-state index contributed by atoms with van der Waals surface area (Å²) in [5.41, 5.74) is 22.7. The fourth-order valence-corrected chi connectivity index (χ4v) is 3.04. The van der Waals surface area contributed by atoms with E-state index in [0.717, 1.165) is 51.9 Å². The Kier molecular flexibility index (Phi) is 14.6. The van der Waals surface area contributed by atoms with E-state index in [2.05, 4.69) is 0 Å². The summed E-state index contributed by atoms with van der Waals surface area (Å²) in [6.07, 6.45) is 9.42. The molecule has 0 rings (SSSR count). The molecular formula is C16H40N5+. The molecule has 0 aromatic rings. The van der Waals surface area contributed by atoms with Crippen LogP contribution in [-0.4, -0.2) is 56.8 Å². The minimum absolute atomic E-state index is 0.800. The van der Waals surface area contributed by atoms with Crippen LogP contribution in [0.1, 0.15) is 51.4 Å². The smallest absolute Gasteiger partial charge is 0.0787 e. The van der Waals surface area contributed by atoms with E-state index in [1.54, 1.807) is 0 Å². The standard InChI is InChI=1S/C16H40N5/c17-9-1-5-13-21(14-6-2-10-18,15-7-3-11-19)16-8-4-12-20/h1-20H2/q+1. The van der Waals surface area contributed by atoms with Gasteiger partial charge in [0, 0.05) is 0 Å². The zero-order valence-corrected chi connectivity index (χ0v) is 14.1. The molecule has 0 spiro atoms. The second-order valence-corrected chi connectivity index (χ2v) is 6.22. The lowest BCUT2D eigenvalue weighted by atomic mass is 10.1. The molecule has 8 N–H and O–H groups in total. The van der Waals surface area contributed by atoms with Crippen molar-refractivity contribution in [1.29, 1.82) is 0 Å². The van der Waals surface area contributed by atoms with Crippen LogP contribution in [0.5, 0.6) is 0 Å². The highest BCUT2D eigenvalue weighted by atomic mass is 15.3. The van der Waals surface area contributed by atoms with Crippen molar-refractivity contribution in [3.8, 4) is 0 Å². The number of hydrogen-bond acceptors (Lipinski definition) is 4. The molecule has 0 aliphatic carbocycles. The van der Waals surface area contributed by atoms with E-state index >= 15 is 0 Å². The molecule has 0 unspecified atom stereocenters. The van der Waals surface area contributed by atoms with E-state index < -0.39 is 0 Å². The summed E-state index contributed by atoms with van der Waals surface area (Å²) in [6.45, 7) is 8.19. The summed E-state index contributed by atoms with van der Waals surface area (Å²) in [5, 5.41) is 0. The third kappa shape index (κ3) is 11.1. The second-order valence-electron chi connectivity index (χ2n) is 6.22. The number of hydrogen-bond donors (Lipinski definition) is 4. The van der Waals surface area contributed by atoms with Crippen LogP contribution in [0.3, 0.4) is 0 Å². The first-order chi connectivity index (χ1) is 10.2. The van der Waals surface area contributed by atoms with Gasteiger partial charge in [0.15, 0.2) is 0 Å². The molecule has 0 aliphatic rings. The van der Waals surface area contributed by atoms with Crippen molar-refractivity contribution < 1.29 is 4.48 Å². The predicted octanol–water partition coefficient (Wildman–Crippen LogP) is 0.759. The maximum absolute atomic E-state index is 5.67. The Morgan fingerprint density at radius 1 is 0.381 bits per heavy atom. The van der Waals surface area contributed by atoms with Crippen molar-refractivity contribution in [2.45, 2.75) is 51.4 Å². The van der Waals surface area contributed by atoms with E-state index in [0.29, 0.717) is 0 Å². The van der Waals surface area contributed by atoms with Crippen molar-refractivity contribution in [1.82, 2.24) is 0 Å². The highest BCUT2D eigenvalue weighted by Gasteiger charge is 2.25. The van der Waals surface area contributed by atoms with E-state index in [1.165, 1.54) is 56.3 Å². The van der Waals surface area contributed by atoms with Gasteiger partial charge in [0.1, 0.15) is 0 Å². The van der Waals surface area contributed by atoms with Crippen molar-refractivity contribution in [3.63, 3.8) is 0 Å². The van der Waals surface area contributed by atoms with Gasteiger partial charge in [-0.1, -0.05) is 0 Å². The highest BCUT2D eigenvalue weighted by molar-refractivity contribution is 4.53. The van der Waals surface area contributed by atoms with Crippen LogP contribution >= 0.6 is 0 Å². The van der Waals surface area contributed by atoms with E-state index in [9.17, 15) is 0 Å². The minimum atomic E-state index is 0.800. The summed E-state index contributed by atoms with van der Waals surface area (Å²) >= 11 is 0. The number of quaternary nitrogens is 1. The Hall–Kier alpha value is -0.200. The van der Waals surface area contributed by atoms with Gasteiger partial charge in [-0.3, -0.25) is 0 Å². The highest BCUT2D eigenvalue weighted by Crippen LogP contribution is 2.16. The first kappa shape index (κ1) is 20.8. The predicted molar refractivity (Wildman–Crippen MR) is 92.9 cm³/mol. The van der Waals surface area contributed by atoms with Crippen LogP contribution < -0.4 is 22.9 Å². The van der Waals surface area contributed by atoms with Crippen molar-refractivity contribution in [2.75, 3.05) is 52.4 Å². The second kappa shape index (κ2) is 14.7. The van der Waals surface area contributed by atoms with Crippen LogP contribution in [0, 0.1) is 0 Å². The Bertz CT molecular complexity index is 165. The maximum Gasteiger partial charge on any atom is 0.0787 e. The average Bonchev–Trinajstić information content (AvgIpc) is 2.48. The molecule has 0 amide bonds. The van der Waals surface area contributed by atoms with Crippen molar-refractivity contribution >= 4 is 0 Å². The molecule has 0 aromatic heterocycles. The summed E-state index contributed by atoms with van der Waals surface area (Å²) in [6, 6.07) is 0. The lowest BCUT2D eigenvalue weighted by Crippen LogP contribution is -2.51. The molecule has 5 heteroatoms. The van der Waals surface area contributed by atoms with Gasteiger partial charge < -0.3 is 27.4 Å². The van der Waals surface area contributed by atoms with Gasteiger partial charge >= 0.3 is 0 Å². The molecular weight excluding hydrogens is 262 g/mol. The van der Waals surface area contributed by atoms with E-state index in [4.69, 9.17) is 22.9 Å².